The number of aromatic nitrogens is 1. The van der Waals surface area contributed by atoms with Gasteiger partial charge in [-0.1, -0.05) is 12.0 Å². The summed E-state index contributed by atoms with van der Waals surface area (Å²) in [6.45, 7) is 0.589. The number of ether oxygens (including phenoxy) is 1. The zero-order valence-electron chi connectivity index (χ0n) is 19.3. The van der Waals surface area contributed by atoms with E-state index in [1.165, 1.54) is 4.57 Å². The van der Waals surface area contributed by atoms with Crippen molar-refractivity contribution in [2.45, 2.75) is 17.6 Å². The third-order valence-corrected chi connectivity index (χ3v) is 5.58. The van der Waals surface area contributed by atoms with Gasteiger partial charge in [0.25, 0.3) is 0 Å². The van der Waals surface area contributed by atoms with E-state index in [4.69, 9.17) is 9.88 Å². The molecule has 0 amide bonds. The number of nitrogens with zero attached hydrogens (tertiary/aromatic N) is 2. The Morgan fingerprint density at radius 2 is 1.91 bits per heavy atom. The van der Waals surface area contributed by atoms with Crippen LogP contribution in [0.1, 0.15) is 5.69 Å². The van der Waals surface area contributed by atoms with Crippen LogP contribution < -0.4 is 20.5 Å². The lowest BCUT2D eigenvalue weighted by atomic mass is 10.2. The van der Waals surface area contributed by atoms with Gasteiger partial charge in [0.05, 0.1) is 30.6 Å². The maximum absolute atomic E-state index is 13.3. The molecule has 4 N–H and O–H groups in total. The summed E-state index contributed by atoms with van der Waals surface area (Å²) in [4.78, 5) is 2.88. The smallest absolute Gasteiger partial charge is 0.406 e. The lowest BCUT2D eigenvalue weighted by Gasteiger charge is -2.13. The van der Waals surface area contributed by atoms with Crippen molar-refractivity contribution >= 4 is 34.2 Å². The summed E-state index contributed by atoms with van der Waals surface area (Å²) >= 11 is 1.11. The Labute approximate surface area is 201 Å². The largest absolute Gasteiger partial charge is 0.495 e. The summed E-state index contributed by atoms with van der Waals surface area (Å²) in [6, 6.07) is 12.5. The minimum atomic E-state index is -4.37. The van der Waals surface area contributed by atoms with E-state index < -0.39 is 12.7 Å². The van der Waals surface area contributed by atoms with Crippen LogP contribution in [0.5, 0.6) is 5.75 Å². The maximum Gasteiger partial charge on any atom is 0.406 e. The van der Waals surface area contributed by atoms with Crippen LogP contribution >= 0.6 is 11.9 Å². The number of hydrogen-bond donors (Lipinski definition) is 3. The average molecular weight is 492 g/mol. The predicted octanol–water partition coefficient (Wildman–Crippen LogP) is 4.62. The van der Waals surface area contributed by atoms with E-state index in [1.54, 1.807) is 31.4 Å². The van der Waals surface area contributed by atoms with Crippen LogP contribution in [0.25, 0.3) is 10.9 Å². The number of fused-ring (bicyclic) bond motifs is 1. The fraction of sp³-hybridized carbons (Fsp3) is 0.333. The lowest BCUT2D eigenvalue weighted by Crippen LogP contribution is -2.20. The standard InChI is InChI=1S/C24H28F3N5OS/c1-31(2)13-12-30-20-7-4-8-22-19(20)14-17(32(22)16-24(25,26)27)6-5-11-29-21-10-9-18(34-28)15-23(21)33-3/h4,7-10,14-15,29-30H,11-13,16,28H2,1-3H3. The van der Waals surface area contributed by atoms with Crippen LogP contribution in [0.2, 0.25) is 0 Å². The molecule has 1 aromatic heterocycles. The molecular weight excluding hydrogens is 463 g/mol. The maximum atomic E-state index is 13.3. The van der Waals surface area contributed by atoms with Crippen molar-refractivity contribution in [3.63, 3.8) is 0 Å². The Bertz CT molecular complexity index is 1180. The van der Waals surface area contributed by atoms with Crippen LogP contribution in [0.15, 0.2) is 47.4 Å². The Morgan fingerprint density at radius 3 is 2.59 bits per heavy atom. The predicted molar refractivity (Wildman–Crippen MR) is 133 cm³/mol. The Kier molecular flexibility index (Phi) is 8.61. The number of hydrogen-bond acceptors (Lipinski definition) is 6. The summed E-state index contributed by atoms with van der Waals surface area (Å²) in [7, 11) is 5.48. The molecule has 6 nitrogen and oxygen atoms in total. The number of nitrogens with one attached hydrogen (secondary N) is 2. The van der Waals surface area contributed by atoms with Crippen molar-refractivity contribution < 1.29 is 17.9 Å². The van der Waals surface area contributed by atoms with Gasteiger partial charge in [-0.3, -0.25) is 5.14 Å². The number of rotatable bonds is 9. The molecule has 0 aliphatic carbocycles. The van der Waals surface area contributed by atoms with Gasteiger partial charge in [0, 0.05) is 29.1 Å². The van der Waals surface area contributed by atoms with Gasteiger partial charge in [-0.25, -0.2) is 0 Å². The highest BCUT2D eigenvalue weighted by Crippen LogP contribution is 2.30. The van der Waals surface area contributed by atoms with Crippen molar-refractivity contribution in [2.24, 2.45) is 5.14 Å². The van der Waals surface area contributed by atoms with E-state index in [9.17, 15) is 13.2 Å². The molecular formula is C24H28F3N5OS. The zero-order valence-corrected chi connectivity index (χ0v) is 20.1. The molecule has 0 spiro atoms. The number of likely N-dealkylation sites (N-methyl/N-ethyl adjacent to an activating group) is 1. The average Bonchev–Trinajstić information content (AvgIpc) is 3.13. The number of anilines is 2. The van der Waals surface area contributed by atoms with Gasteiger partial charge in [-0.05, 0) is 68.4 Å². The molecule has 0 aliphatic rings. The first-order valence-corrected chi connectivity index (χ1v) is 11.4. The van der Waals surface area contributed by atoms with Gasteiger partial charge >= 0.3 is 6.18 Å². The highest BCUT2D eigenvalue weighted by molar-refractivity contribution is 7.97. The van der Waals surface area contributed by atoms with Gasteiger partial charge in [-0.2, -0.15) is 13.2 Å². The highest BCUT2D eigenvalue weighted by Gasteiger charge is 2.29. The molecule has 3 aromatic rings. The molecule has 0 bridgehead atoms. The first-order chi connectivity index (χ1) is 16.2. The zero-order chi connectivity index (χ0) is 24.7. The highest BCUT2D eigenvalue weighted by atomic mass is 32.2. The second-order valence-corrected chi connectivity index (χ2v) is 8.54. The summed E-state index contributed by atoms with van der Waals surface area (Å²) in [6.07, 6.45) is -4.37. The lowest BCUT2D eigenvalue weighted by molar-refractivity contribution is -0.140. The molecule has 3 rings (SSSR count). The molecule has 0 radical (unpaired) electrons. The van der Waals surface area contributed by atoms with E-state index in [0.29, 0.717) is 28.9 Å². The molecule has 0 unspecified atom stereocenters. The molecule has 1 heterocycles. The Balaban J connectivity index is 1.86. The van der Waals surface area contributed by atoms with Crippen molar-refractivity contribution in [3.8, 4) is 17.6 Å². The summed E-state index contributed by atoms with van der Waals surface area (Å²) in [5, 5.41) is 12.7. The van der Waals surface area contributed by atoms with E-state index in [-0.39, 0.29) is 6.54 Å². The molecule has 0 atom stereocenters. The van der Waals surface area contributed by atoms with Gasteiger partial charge in [-0.15, -0.1) is 0 Å². The molecule has 10 heteroatoms. The first kappa shape index (κ1) is 25.6. The second-order valence-electron chi connectivity index (χ2n) is 7.83. The summed E-state index contributed by atoms with van der Waals surface area (Å²) in [5.41, 5.74) is 2.29. The number of halogens is 3. The molecule has 182 valence electrons. The van der Waals surface area contributed by atoms with Crippen molar-refractivity contribution in [2.75, 3.05) is 51.5 Å². The Morgan fingerprint density at radius 1 is 1.12 bits per heavy atom. The van der Waals surface area contributed by atoms with Gasteiger partial charge < -0.3 is 24.8 Å². The quantitative estimate of drug-likeness (QED) is 0.300. The number of alkyl halides is 3. The van der Waals surface area contributed by atoms with E-state index in [0.717, 1.165) is 34.8 Å². The molecule has 0 fully saturated rings. The van der Waals surface area contributed by atoms with E-state index in [2.05, 4.69) is 22.5 Å². The van der Waals surface area contributed by atoms with Crippen molar-refractivity contribution in [1.29, 1.82) is 0 Å². The van der Waals surface area contributed by atoms with Crippen LogP contribution in [0.4, 0.5) is 24.5 Å². The van der Waals surface area contributed by atoms with Crippen LogP contribution in [0.3, 0.4) is 0 Å². The monoisotopic (exact) mass is 491 g/mol. The Hall–Kier alpha value is -3.00. The van der Waals surface area contributed by atoms with Gasteiger partial charge in [0.15, 0.2) is 0 Å². The minimum Gasteiger partial charge on any atom is -0.495 e. The fourth-order valence-corrected chi connectivity index (χ4v) is 3.79. The summed E-state index contributed by atoms with van der Waals surface area (Å²) < 4.78 is 46.6. The van der Waals surface area contributed by atoms with Crippen LogP contribution in [-0.4, -0.2) is 56.5 Å². The molecule has 34 heavy (non-hydrogen) atoms. The van der Waals surface area contributed by atoms with E-state index >= 15 is 0 Å². The summed E-state index contributed by atoms with van der Waals surface area (Å²) in [5.74, 6) is 6.45. The molecule has 0 aliphatic heterocycles. The SMILES string of the molecule is COc1cc(SN)ccc1NCC#Cc1cc2c(NCCN(C)C)cccc2n1CC(F)(F)F. The third kappa shape index (κ3) is 6.76. The third-order valence-electron chi connectivity index (χ3n) is 5.05. The first-order valence-electron chi connectivity index (χ1n) is 10.6. The molecule has 0 saturated carbocycles. The molecule has 0 saturated heterocycles. The van der Waals surface area contributed by atoms with Crippen LogP contribution in [-0.2, 0) is 6.54 Å². The van der Waals surface area contributed by atoms with Gasteiger partial charge in [0.2, 0.25) is 0 Å². The van der Waals surface area contributed by atoms with Crippen molar-refractivity contribution in [3.05, 3.63) is 48.2 Å². The molecule has 2 aromatic carbocycles. The fourth-order valence-electron chi connectivity index (χ4n) is 3.47. The normalized spacial score (nSPS) is 11.4. The topological polar surface area (TPSA) is 67.5 Å². The van der Waals surface area contributed by atoms with Gasteiger partial charge in [0.1, 0.15) is 12.3 Å². The number of nitrogens with two attached hydrogens (primary N) is 1. The second kappa shape index (κ2) is 11.4. The van der Waals surface area contributed by atoms with Crippen molar-refractivity contribution in [1.82, 2.24) is 9.47 Å². The number of methoxy groups -OCH3 is 1. The van der Waals surface area contributed by atoms with E-state index in [1.807, 2.05) is 37.2 Å². The minimum absolute atomic E-state index is 0.229. The van der Waals surface area contributed by atoms with Crippen LogP contribution in [0, 0.1) is 11.8 Å². The number of benzene rings is 2.